The van der Waals surface area contributed by atoms with Crippen molar-refractivity contribution in [3.63, 3.8) is 0 Å². The Labute approximate surface area is 179 Å². The van der Waals surface area contributed by atoms with Crippen LogP contribution in [0.25, 0.3) is 11.0 Å². The van der Waals surface area contributed by atoms with Gasteiger partial charge in [0.05, 0.1) is 22.6 Å². The summed E-state index contributed by atoms with van der Waals surface area (Å²) < 4.78 is 15.4. The number of anilines is 2. The van der Waals surface area contributed by atoms with E-state index in [-0.39, 0.29) is 17.8 Å². The predicted octanol–water partition coefficient (Wildman–Crippen LogP) is 5.41. The fraction of sp³-hybridized carbons (Fsp3) is 0.120. The lowest BCUT2D eigenvalue weighted by atomic mass is 9.93. The summed E-state index contributed by atoms with van der Waals surface area (Å²) in [5.74, 6) is 0.106. The number of carbonyl (C=O) groups is 1. The predicted molar refractivity (Wildman–Crippen MR) is 120 cm³/mol. The van der Waals surface area contributed by atoms with Crippen molar-refractivity contribution in [3.8, 4) is 0 Å². The number of hydrogen-bond donors (Lipinski definition) is 2. The molecule has 4 aromatic rings. The van der Waals surface area contributed by atoms with Crippen LogP contribution in [-0.4, -0.2) is 15.5 Å². The van der Waals surface area contributed by atoms with Crippen molar-refractivity contribution in [1.82, 2.24) is 9.55 Å². The van der Waals surface area contributed by atoms with E-state index < -0.39 is 0 Å². The first-order chi connectivity index (χ1) is 15.0. The molecule has 1 amide bonds. The normalized spacial score (nSPS) is 15.5. The molecule has 0 saturated heterocycles. The highest BCUT2D eigenvalue weighted by atomic mass is 19.1. The Morgan fingerprint density at radius 3 is 2.58 bits per heavy atom. The van der Waals surface area contributed by atoms with Gasteiger partial charge in [-0.05, 0) is 55.8 Å². The van der Waals surface area contributed by atoms with Gasteiger partial charge in [-0.3, -0.25) is 9.36 Å². The van der Waals surface area contributed by atoms with Crippen molar-refractivity contribution >= 4 is 28.6 Å². The Kier molecular flexibility index (Phi) is 4.55. The molecule has 0 unspecified atom stereocenters. The van der Waals surface area contributed by atoms with Crippen molar-refractivity contribution in [2.24, 2.45) is 0 Å². The number of carbonyl (C=O) groups excluding carboxylic acids is 1. The van der Waals surface area contributed by atoms with Crippen molar-refractivity contribution < 1.29 is 9.18 Å². The van der Waals surface area contributed by atoms with Crippen LogP contribution in [0, 0.1) is 12.7 Å². The average molecular weight is 412 g/mol. The Hall–Kier alpha value is -3.93. The van der Waals surface area contributed by atoms with Crippen LogP contribution >= 0.6 is 0 Å². The molecule has 1 aliphatic heterocycles. The number of halogens is 1. The van der Waals surface area contributed by atoms with Crippen molar-refractivity contribution in [3.05, 3.63) is 101 Å². The van der Waals surface area contributed by atoms with E-state index >= 15 is 0 Å². The van der Waals surface area contributed by atoms with Gasteiger partial charge in [-0.1, -0.05) is 42.0 Å². The highest BCUT2D eigenvalue weighted by Crippen LogP contribution is 2.39. The summed E-state index contributed by atoms with van der Waals surface area (Å²) in [4.78, 5) is 18.2. The van der Waals surface area contributed by atoms with Crippen LogP contribution in [0.1, 0.15) is 24.1 Å². The molecular formula is C25H21FN4O. The van der Waals surface area contributed by atoms with Crippen LogP contribution in [0.4, 0.5) is 16.0 Å². The molecule has 1 aliphatic rings. The van der Waals surface area contributed by atoms with Crippen LogP contribution in [0.5, 0.6) is 0 Å². The molecule has 5 rings (SSSR count). The quantitative estimate of drug-likeness (QED) is 0.473. The van der Waals surface area contributed by atoms with Crippen LogP contribution < -0.4 is 10.6 Å². The molecule has 5 nitrogen and oxygen atoms in total. The van der Waals surface area contributed by atoms with Gasteiger partial charge in [0.1, 0.15) is 5.82 Å². The average Bonchev–Trinajstić information content (AvgIpc) is 3.12. The molecule has 154 valence electrons. The zero-order valence-corrected chi connectivity index (χ0v) is 17.2. The lowest BCUT2D eigenvalue weighted by molar-refractivity contribution is -0.113. The van der Waals surface area contributed by atoms with Crippen LogP contribution in [0.2, 0.25) is 0 Å². The summed E-state index contributed by atoms with van der Waals surface area (Å²) in [5, 5.41) is 6.22. The Morgan fingerprint density at radius 1 is 1.03 bits per heavy atom. The van der Waals surface area contributed by atoms with Crippen LogP contribution in [-0.2, 0) is 4.79 Å². The Bertz CT molecular complexity index is 1340. The maximum Gasteiger partial charge on any atom is 0.255 e. The number of para-hydroxylation sites is 2. The Morgan fingerprint density at radius 2 is 1.81 bits per heavy atom. The monoisotopic (exact) mass is 412 g/mol. The summed E-state index contributed by atoms with van der Waals surface area (Å²) in [6, 6.07) is 21.4. The van der Waals surface area contributed by atoms with E-state index in [0.29, 0.717) is 17.2 Å². The second-order valence-corrected chi connectivity index (χ2v) is 7.74. The number of aryl methyl sites for hydroxylation is 1. The molecular weight excluding hydrogens is 391 g/mol. The number of amides is 1. The number of nitrogens with one attached hydrogen (secondary N) is 2. The molecule has 1 atom stereocenters. The minimum atomic E-state index is -0.357. The zero-order chi connectivity index (χ0) is 21.5. The van der Waals surface area contributed by atoms with Gasteiger partial charge in [-0.15, -0.1) is 0 Å². The number of nitrogens with zero attached hydrogens (tertiary/aromatic N) is 2. The summed E-state index contributed by atoms with van der Waals surface area (Å²) in [7, 11) is 0. The number of hydrogen-bond acceptors (Lipinski definition) is 3. The molecule has 3 aromatic carbocycles. The van der Waals surface area contributed by atoms with E-state index in [1.165, 1.54) is 12.1 Å². The number of benzene rings is 3. The molecule has 2 heterocycles. The second-order valence-electron chi connectivity index (χ2n) is 7.74. The van der Waals surface area contributed by atoms with Crippen molar-refractivity contribution in [2.75, 3.05) is 10.6 Å². The number of imidazole rings is 1. The molecule has 0 fully saturated rings. The SMILES string of the molecule is CC1=C(C(=O)Nc2ccc(F)cc2)[C@H](c2cccc(C)c2)n2c(nc3ccccc32)N1. The number of fused-ring (bicyclic) bond motifs is 3. The molecule has 31 heavy (non-hydrogen) atoms. The molecule has 2 N–H and O–H groups in total. The molecule has 0 spiro atoms. The first kappa shape index (κ1) is 19.1. The summed E-state index contributed by atoms with van der Waals surface area (Å²) in [6.07, 6.45) is 0. The van der Waals surface area contributed by atoms with Crippen molar-refractivity contribution in [1.29, 1.82) is 0 Å². The van der Waals surface area contributed by atoms with Gasteiger partial charge >= 0.3 is 0 Å². The second kappa shape index (κ2) is 7.40. The first-order valence-electron chi connectivity index (χ1n) is 10.1. The maximum atomic E-state index is 13.5. The third-order valence-electron chi connectivity index (χ3n) is 5.54. The number of aromatic nitrogens is 2. The molecule has 0 saturated carbocycles. The zero-order valence-electron chi connectivity index (χ0n) is 17.2. The first-order valence-corrected chi connectivity index (χ1v) is 10.1. The minimum absolute atomic E-state index is 0.244. The van der Waals surface area contributed by atoms with Gasteiger partial charge in [0.15, 0.2) is 0 Å². The van der Waals surface area contributed by atoms with E-state index in [1.54, 1.807) is 12.1 Å². The molecule has 0 bridgehead atoms. The molecule has 0 radical (unpaired) electrons. The molecule has 0 aliphatic carbocycles. The van der Waals surface area contributed by atoms with E-state index in [1.807, 2.05) is 56.3 Å². The highest BCUT2D eigenvalue weighted by molar-refractivity contribution is 6.06. The lowest BCUT2D eigenvalue weighted by Gasteiger charge is -2.31. The molecule has 6 heteroatoms. The van der Waals surface area contributed by atoms with Gasteiger partial charge in [0.2, 0.25) is 5.95 Å². The smallest absolute Gasteiger partial charge is 0.255 e. The minimum Gasteiger partial charge on any atom is -0.329 e. The van der Waals surface area contributed by atoms with Gasteiger partial charge in [-0.2, -0.15) is 0 Å². The fourth-order valence-electron chi connectivity index (χ4n) is 4.15. The summed E-state index contributed by atoms with van der Waals surface area (Å²) in [6.45, 7) is 3.91. The van der Waals surface area contributed by atoms with Crippen LogP contribution in [0.15, 0.2) is 84.1 Å². The van der Waals surface area contributed by atoms with Gasteiger partial charge < -0.3 is 10.6 Å². The lowest BCUT2D eigenvalue weighted by Crippen LogP contribution is -2.31. The van der Waals surface area contributed by atoms with Gasteiger partial charge in [-0.25, -0.2) is 9.37 Å². The third kappa shape index (κ3) is 3.36. The maximum absolute atomic E-state index is 13.5. The highest BCUT2D eigenvalue weighted by Gasteiger charge is 2.34. The van der Waals surface area contributed by atoms with Crippen LogP contribution in [0.3, 0.4) is 0 Å². The van der Waals surface area contributed by atoms with Gasteiger partial charge in [0, 0.05) is 11.4 Å². The largest absolute Gasteiger partial charge is 0.329 e. The fourth-order valence-corrected chi connectivity index (χ4v) is 4.15. The number of rotatable bonds is 3. The summed E-state index contributed by atoms with van der Waals surface area (Å²) >= 11 is 0. The van der Waals surface area contributed by atoms with Gasteiger partial charge in [0.25, 0.3) is 5.91 Å². The number of allylic oxidation sites excluding steroid dienone is 1. The van der Waals surface area contributed by atoms with Crippen molar-refractivity contribution in [2.45, 2.75) is 19.9 Å². The summed E-state index contributed by atoms with van der Waals surface area (Å²) in [5.41, 5.74) is 5.76. The standard InChI is InChI=1S/C25H21FN4O/c1-15-6-5-7-17(14-15)23-22(24(31)28-19-12-10-18(26)11-13-19)16(2)27-25-29-20-8-3-4-9-21(20)30(23)25/h3-14,23H,1-2H3,(H,27,29)(H,28,31)/t23-/m0/s1. The van der Waals surface area contributed by atoms with E-state index in [2.05, 4.69) is 21.3 Å². The third-order valence-corrected chi connectivity index (χ3v) is 5.54. The molecule has 1 aromatic heterocycles. The van der Waals surface area contributed by atoms with E-state index in [9.17, 15) is 9.18 Å². The topological polar surface area (TPSA) is 59.0 Å². The Balaban J connectivity index is 1.66. The van der Waals surface area contributed by atoms with E-state index in [0.717, 1.165) is 27.9 Å². The van der Waals surface area contributed by atoms with E-state index in [4.69, 9.17) is 4.98 Å².